The van der Waals surface area contributed by atoms with Gasteiger partial charge in [-0.25, -0.2) is 9.79 Å². The first kappa shape index (κ1) is 24.1. The Kier molecular flexibility index (Phi) is 7.46. The summed E-state index contributed by atoms with van der Waals surface area (Å²) in [5.41, 5.74) is 3.31. The quantitative estimate of drug-likeness (QED) is 0.491. The van der Waals surface area contributed by atoms with Crippen molar-refractivity contribution in [1.29, 1.82) is 0 Å². The lowest BCUT2D eigenvalue weighted by Gasteiger charge is -2.37. The van der Waals surface area contributed by atoms with Gasteiger partial charge in [-0.1, -0.05) is 41.6 Å². The van der Waals surface area contributed by atoms with Crippen molar-refractivity contribution in [2.75, 3.05) is 20.3 Å². The van der Waals surface area contributed by atoms with Gasteiger partial charge in [-0.3, -0.25) is 4.79 Å². The molecule has 32 heavy (non-hydrogen) atoms. The lowest BCUT2D eigenvalue weighted by Crippen LogP contribution is -2.39. The number of nitrogens with zero attached hydrogens (tertiary/aromatic N) is 2. The van der Waals surface area contributed by atoms with Crippen LogP contribution in [0, 0.1) is 6.92 Å². The van der Waals surface area contributed by atoms with Gasteiger partial charge in [-0.05, 0) is 45.6 Å². The normalized spacial score (nSPS) is 18.2. The van der Waals surface area contributed by atoms with Gasteiger partial charge in [0, 0.05) is 19.4 Å². The number of ether oxygens (including phenoxy) is 2. The number of thioether (sulfide) groups is 1. The second kappa shape index (κ2) is 9.92. The third-order valence-corrected chi connectivity index (χ3v) is 5.84. The maximum atomic E-state index is 13.3. The smallest absolute Gasteiger partial charge is 0.338 e. The first-order chi connectivity index (χ1) is 15.1. The van der Waals surface area contributed by atoms with E-state index in [1.807, 2.05) is 63.1 Å². The Morgan fingerprint density at radius 3 is 2.66 bits per heavy atom. The number of benzene rings is 1. The Hall–Kier alpha value is -2.58. The van der Waals surface area contributed by atoms with Crippen molar-refractivity contribution in [3.05, 3.63) is 57.8 Å². The van der Waals surface area contributed by atoms with E-state index >= 15 is 0 Å². The molecular formula is C24H31N3O4S. The molecule has 0 saturated heterocycles. The second-order valence-electron chi connectivity index (χ2n) is 8.83. The molecule has 0 aliphatic carbocycles. The van der Waals surface area contributed by atoms with Crippen LogP contribution in [0.1, 0.15) is 51.3 Å². The van der Waals surface area contributed by atoms with E-state index in [-0.39, 0.29) is 12.3 Å². The van der Waals surface area contributed by atoms with Crippen LogP contribution in [0.5, 0.6) is 0 Å². The number of methoxy groups -OCH3 is 1. The fraction of sp³-hybridized carbons (Fsp3) is 0.458. The van der Waals surface area contributed by atoms with Crippen LogP contribution in [0.25, 0.3) is 0 Å². The van der Waals surface area contributed by atoms with E-state index in [1.54, 1.807) is 7.11 Å². The highest BCUT2D eigenvalue weighted by molar-refractivity contribution is 8.16. The number of amidine groups is 1. The molecule has 2 aliphatic heterocycles. The Labute approximate surface area is 193 Å². The predicted octanol–water partition coefficient (Wildman–Crippen LogP) is 4.06. The largest absolute Gasteiger partial charge is 0.456 e. The van der Waals surface area contributed by atoms with Crippen molar-refractivity contribution >= 4 is 28.8 Å². The number of carbonyl (C=O) groups is 2. The zero-order chi connectivity index (χ0) is 23.5. The fourth-order valence-electron chi connectivity index (χ4n) is 3.64. The average molecular weight is 458 g/mol. The molecule has 1 unspecified atom stereocenters. The minimum absolute atomic E-state index is 0.108. The van der Waals surface area contributed by atoms with Gasteiger partial charge >= 0.3 is 5.97 Å². The number of amides is 1. The molecule has 1 atom stereocenters. The molecule has 8 heteroatoms. The molecule has 1 amide bonds. The molecule has 172 valence electrons. The number of hydrogen-bond acceptors (Lipinski definition) is 7. The Morgan fingerprint density at radius 2 is 2.00 bits per heavy atom. The minimum Gasteiger partial charge on any atom is -0.456 e. The zero-order valence-electron chi connectivity index (χ0n) is 19.5. The highest BCUT2D eigenvalue weighted by atomic mass is 32.2. The molecule has 0 radical (unpaired) electrons. The van der Waals surface area contributed by atoms with Gasteiger partial charge in [0.25, 0.3) is 0 Å². The molecule has 3 rings (SSSR count). The Bertz CT molecular complexity index is 991. The van der Waals surface area contributed by atoms with Crippen molar-refractivity contribution < 1.29 is 19.1 Å². The van der Waals surface area contributed by atoms with Crippen molar-refractivity contribution in [1.82, 2.24) is 10.2 Å². The maximum Gasteiger partial charge on any atom is 0.338 e. The number of esters is 1. The van der Waals surface area contributed by atoms with Gasteiger partial charge in [0.15, 0.2) is 5.17 Å². The number of hydrogen-bond donors (Lipinski definition) is 1. The molecule has 2 aliphatic rings. The van der Waals surface area contributed by atoms with Crippen molar-refractivity contribution in [2.24, 2.45) is 4.99 Å². The summed E-state index contributed by atoms with van der Waals surface area (Å²) in [5.74, 6) is -0.506. The second-order valence-corrected chi connectivity index (χ2v) is 9.67. The van der Waals surface area contributed by atoms with E-state index in [2.05, 4.69) is 16.4 Å². The number of carbonyl (C=O) groups excluding carboxylic acids is 2. The van der Waals surface area contributed by atoms with Crippen LogP contribution in [0.3, 0.4) is 0 Å². The topological polar surface area (TPSA) is 80.2 Å². The maximum absolute atomic E-state index is 13.3. The number of nitrogens with one attached hydrogen (secondary N) is 1. The number of rotatable bonds is 7. The van der Waals surface area contributed by atoms with Gasteiger partial charge in [-0.2, -0.15) is 0 Å². The van der Waals surface area contributed by atoms with Crippen molar-refractivity contribution in [3.63, 3.8) is 0 Å². The summed E-state index contributed by atoms with van der Waals surface area (Å²) in [5, 5.41) is 5.54. The molecule has 2 heterocycles. The van der Waals surface area contributed by atoms with E-state index in [4.69, 9.17) is 9.47 Å². The SMILES string of the molecule is COCCNC(=O)CC1=CSC2=NC(C)=C(C(=O)OC(C)(C)C)C(c3cccc(C)c3)N12. The van der Waals surface area contributed by atoms with E-state index in [1.165, 1.54) is 11.8 Å². The van der Waals surface area contributed by atoms with Gasteiger partial charge in [0.1, 0.15) is 5.60 Å². The van der Waals surface area contributed by atoms with Gasteiger partial charge < -0.3 is 19.7 Å². The van der Waals surface area contributed by atoms with E-state index in [9.17, 15) is 9.59 Å². The van der Waals surface area contributed by atoms with Crippen LogP contribution in [-0.4, -0.2) is 47.8 Å². The number of allylic oxidation sites excluding steroid dienone is 1. The van der Waals surface area contributed by atoms with Gasteiger partial charge in [-0.15, -0.1) is 0 Å². The highest BCUT2D eigenvalue weighted by Gasteiger charge is 2.41. The molecule has 7 nitrogen and oxygen atoms in total. The van der Waals surface area contributed by atoms with Gasteiger partial charge in [0.2, 0.25) is 5.91 Å². The first-order valence-corrected chi connectivity index (χ1v) is 11.5. The summed E-state index contributed by atoms with van der Waals surface area (Å²) >= 11 is 1.46. The molecule has 0 bridgehead atoms. The third kappa shape index (κ3) is 5.61. The number of aryl methyl sites for hydroxylation is 1. The molecule has 0 aromatic heterocycles. The summed E-state index contributed by atoms with van der Waals surface area (Å²) in [6.07, 6.45) is 0.179. The minimum atomic E-state index is -0.634. The molecule has 1 N–H and O–H groups in total. The Morgan fingerprint density at radius 1 is 1.25 bits per heavy atom. The standard InChI is InChI=1S/C24H31N3O4S/c1-15-8-7-9-17(12-15)21-20(22(29)31-24(3,4)5)16(2)26-23-27(21)18(14-32-23)13-19(28)25-10-11-30-6/h7-9,12,14,21H,10-11,13H2,1-6H3,(H,25,28). The summed E-state index contributed by atoms with van der Waals surface area (Å²) in [6.45, 7) is 10.3. The number of aliphatic imine (C=N–C) groups is 1. The molecular weight excluding hydrogens is 426 g/mol. The molecule has 1 aromatic carbocycles. The molecule has 0 spiro atoms. The van der Waals surface area contributed by atoms with Crippen LogP contribution in [0.2, 0.25) is 0 Å². The molecule has 1 aromatic rings. The Balaban J connectivity index is 1.99. The summed E-state index contributed by atoms with van der Waals surface area (Å²) in [7, 11) is 1.60. The van der Waals surface area contributed by atoms with E-state index in [0.29, 0.717) is 24.4 Å². The highest BCUT2D eigenvalue weighted by Crippen LogP contribution is 2.45. The van der Waals surface area contributed by atoms with Crippen LogP contribution in [-0.2, 0) is 19.1 Å². The van der Waals surface area contributed by atoms with Gasteiger partial charge in [0.05, 0.1) is 30.3 Å². The van der Waals surface area contributed by atoms with Crippen LogP contribution in [0.4, 0.5) is 0 Å². The summed E-state index contributed by atoms with van der Waals surface area (Å²) in [6, 6.07) is 7.62. The lowest BCUT2D eigenvalue weighted by atomic mass is 9.92. The first-order valence-electron chi connectivity index (χ1n) is 10.6. The summed E-state index contributed by atoms with van der Waals surface area (Å²) < 4.78 is 10.8. The predicted molar refractivity (Wildman–Crippen MR) is 127 cm³/mol. The molecule has 0 fully saturated rings. The van der Waals surface area contributed by atoms with Crippen LogP contribution in [0.15, 0.2) is 51.6 Å². The van der Waals surface area contributed by atoms with E-state index < -0.39 is 17.6 Å². The lowest BCUT2D eigenvalue weighted by molar-refractivity contribution is -0.150. The third-order valence-electron chi connectivity index (χ3n) is 4.95. The van der Waals surface area contributed by atoms with Crippen LogP contribution >= 0.6 is 11.8 Å². The zero-order valence-corrected chi connectivity index (χ0v) is 20.3. The van der Waals surface area contributed by atoms with Crippen molar-refractivity contribution in [2.45, 2.75) is 52.7 Å². The number of fused-ring (bicyclic) bond motifs is 1. The van der Waals surface area contributed by atoms with Crippen molar-refractivity contribution in [3.8, 4) is 0 Å². The average Bonchev–Trinajstić information content (AvgIpc) is 3.07. The monoisotopic (exact) mass is 457 g/mol. The van der Waals surface area contributed by atoms with Crippen LogP contribution < -0.4 is 5.32 Å². The van der Waals surface area contributed by atoms with E-state index in [0.717, 1.165) is 22.0 Å². The fourth-order valence-corrected chi connectivity index (χ4v) is 4.60. The summed E-state index contributed by atoms with van der Waals surface area (Å²) in [4.78, 5) is 32.5. The molecule has 0 saturated carbocycles.